The summed E-state index contributed by atoms with van der Waals surface area (Å²) in [6.07, 6.45) is 1.45. The van der Waals surface area contributed by atoms with E-state index < -0.39 is 24.0 Å². The van der Waals surface area contributed by atoms with Crippen molar-refractivity contribution in [2.45, 2.75) is 19.4 Å². The highest BCUT2D eigenvalue weighted by atomic mass is 35.5. The van der Waals surface area contributed by atoms with E-state index in [9.17, 15) is 14.4 Å². The van der Waals surface area contributed by atoms with E-state index in [4.69, 9.17) is 25.5 Å². The standard InChI is InChI=1S/C20H19ClN2O6/c1-2-27-19(25)17-14(22-20(26)23-18(17)15-4-3-9-28-15)11-29-16(24)10-12-5-7-13(21)8-6-12/h3-9,18H,2,10-11H2,1H3,(H2,22,23,26). The lowest BCUT2D eigenvalue weighted by molar-refractivity contribution is -0.143. The zero-order chi connectivity index (χ0) is 20.8. The Morgan fingerprint density at radius 1 is 1.17 bits per heavy atom. The predicted octanol–water partition coefficient (Wildman–Crippen LogP) is 2.89. The number of hydrogen-bond donors (Lipinski definition) is 2. The van der Waals surface area contributed by atoms with Crippen molar-refractivity contribution in [3.8, 4) is 0 Å². The van der Waals surface area contributed by atoms with E-state index in [2.05, 4.69) is 10.6 Å². The second-order valence-electron chi connectivity index (χ2n) is 6.12. The molecule has 0 saturated carbocycles. The maximum absolute atomic E-state index is 12.5. The van der Waals surface area contributed by atoms with Crippen LogP contribution in [0.5, 0.6) is 0 Å². The number of hydrogen-bond acceptors (Lipinski definition) is 6. The monoisotopic (exact) mass is 418 g/mol. The van der Waals surface area contributed by atoms with E-state index in [1.54, 1.807) is 43.3 Å². The molecular formula is C20H19ClN2O6. The van der Waals surface area contributed by atoms with Crippen molar-refractivity contribution in [1.82, 2.24) is 10.6 Å². The Kier molecular flexibility index (Phi) is 6.56. The lowest BCUT2D eigenvalue weighted by Crippen LogP contribution is -2.47. The number of furan rings is 1. The fourth-order valence-electron chi connectivity index (χ4n) is 2.82. The van der Waals surface area contributed by atoms with Crippen molar-refractivity contribution in [1.29, 1.82) is 0 Å². The van der Waals surface area contributed by atoms with E-state index in [-0.39, 0.29) is 30.9 Å². The van der Waals surface area contributed by atoms with Crippen LogP contribution in [-0.2, 0) is 25.5 Å². The van der Waals surface area contributed by atoms with Crippen LogP contribution in [0.15, 0.2) is 58.3 Å². The maximum Gasteiger partial charge on any atom is 0.338 e. The van der Waals surface area contributed by atoms with Gasteiger partial charge in [0.1, 0.15) is 18.4 Å². The number of halogens is 1. The molecule has 1 unspecified atom stereocenters. The SMILES string of the molecule is CCOC(=O)C1=C(COC(=O)Cc2ccc(Cl)cc2)NC(=O)NC1c1ccco1. The molecule has 0 saturated heterocycles. The molecule has 1 aromatic heterocycles. The molecule has 29 heavy (non-hydrogen) atoms. The molecule has 0 spiro atoms. The Balaban J connectivity index is 1.79. The molecule has 9 heteroatoms. The van der Waals surface area contributed by atoms with Gasteiger partial charge in [-0.05, 0) is 36.8 Å². The van der Waals surface area contributed by atoms with E-state index >= 15 is 0 Å². The first kappa shape index (κ1) is 20.5. The molecular weight excluding hydrogens is 400 g/mol. The number of carbonyl (C=O) groups excluding carboxylic acids is 3. The largest absolute Gasteiger partial charge is 0.467 e. The number of amides is 2. The highest BCUT2D eigenvalue weighted by molar-refractivity contribution is 6.30. The summed E-state index contributed by atoms with van der Waals surface area (Å²) in [6.45, 7) is 1.51. The summed E-state index contributed by atoms with van der Waals surface area (Å²) in [5.41, 5.74) is 0.973. The van der Waals surface area contributed by atoms with Crippen LogP contribution in [0.1, 0.15) is 24.3 Å². The molecule has 2 aromatic rings. The third-order valence-corrected chi connectivity index (χ3v) is 4.37. The molecule has 2 heterocycles. The van der Waals surface area contributed by atoms with Gasteiger partial charge >= 0.3 is 18.0 Å². The fourth-order valence-corrected chi connectivity index (χ4v) is 2.95. The molecule has 1 aliphatic heterocycles. The number of ether oxygens (including phenoxy) is 2. The minimum absolute atomic E-state index is 0.0208. The molecule has 1 aliphatic rings. The van der Waals surface area contributed by atoms with Crippen LogP contribution >= 0.6 is 11.6 Å². The van der Waals surface area contributed by atoms with Gasteiger partial charge in [0.05, 0.1) is 30.6 Å². The molecule has 1 aromatic carbocycles. The number of esters is 2. The molecule has 0 radical (unpaired) electrons. The molecule has 2 N–H and O–H groups in total. The Bertz CT molecular complexity index is 921. The van der Waals surface area contributed by atoms with Crippen LogP contribution in [0.4, 0.5) is 4.79 Å². The van der Waals surface area contributed by atoms with E-state index in [1.807, 2.05) is 0 Å². The molecule has 3 rings (SSSR count). The van der Waals surface area contributed by atoms with Gasteiger partial charge in [0.15, 0.2) is 0 Å². The van der Waals surface area contributed by atoms with Gasteiger partial charge in [0.2, 0.25) is 0 Å². The van der Waals surface area contributed by atoms with E-state index in [0.717, 1.165) is 5.56 Å². The quantitative estimate of drug-likeness (QED) is 0.669. The van der Waals surface area contributed by atoms with Crippen LogP contribution in [-0.4, -0.2) is 31.2 Å². The average Bonchev–Trinajstić information content (AvgIpc) is 3.22. The van der Waals surface area contributed by atoms with Gasteiger partial charge in [0.25, 0.3) is 0 Å². The van der Waals surface area contributed by atoms with Crippen molar-refractivity contribution < 1.29 is 28.3 Å². The summed E-state index contributed by atoms with van der Waals surface area (Å²) in [5.74, 6) is -0.816. The Hall–Kier alpha value is -3.26. The normalized spacial score (nSPS) is 16.1. The highest BCUT2D eigenvalue weighted by Gasteiger charge is 2.35. The average molecular weight is 419 g/mol. The first-order valence-electron chi connectivity index (χ1n) is 8.89. The minimum atomic E-state index is -0.859. The summed E-state index contributed by atoms with van der Waals surface area (Å²) in [5, 5.41) is 5.69. The first-order valence-corrected chi connectivity index (χ1v) is 9.27. The number of nitrogens with one attached hydrogen (secondary N) is 2. The summed E-state index contributed by atoms with van der Waals surface area (Å²) in [4.78, 5) is 36.8. The summed E-state index contributed by atoms with van der Waals surface area (Å²) in [6, 6.07) is 8.63. The van der Waals surface area contributed by atoms with Gasteiger partial charge in [0, 0.05) is 5.02 Å². The summed E-state index contributed by atoms with van der Waals surface area (Å²) >= 11 is 5.83. The van der Waals surface area contributed by atoms with Crippen LogP contribution < -0.4 is 10.6 Å². The van der Waals surface area contributed by atoms with Crippen LogP contribution in [0.25, 0.3) is 0 Å². The van der Waals surface area contributed by atoms with Crippen molar-refractivity contribution in [3.63, 3.8) is 0 Å². The topological polar surface area (TPSA) is 107 Å². The van der Waals surface area contributed by atoms with Gasteiger partial charge in [-0.15, -0.1) is 0 Å². The summed E-state index contributed by atoms with van der Waals surface area (Å²) < 4.78 is 15.7. The minimum Gasteiger partial charge on any atom is -0.467 e. The van der Waals surface area contributed by atoms with Crippen LogP contribution in [0.3, 0.4) is 0 Å². The second-order valence-corrected chi connectivity index (χ2v) is 6.56. The van der Waals surface area contributed by atoms with Gasteiger partial charge in [-0.25, -0.2) is 9.59 Å². The maximum atomic E-state index is 12.5. The molecule has 2 amide bonds. The molecule has 1 atom stereocenters. The van der Waals surface area contributed by atoms with Gasteiger partial charge in [-0.3, -0.25) is 4.79 Å². The van der Waals surface area contributed by atoms with Crippen LogP contribution in [0, 0.1) is 0 Å². The Morgan fingerprint density at radius 3 is 2.59 bits per heavy atom. The molecule has 0 bridgehead atoms. The summed E-state index contributed by atoms with van der Waals surface area (Å²) in [7, 11) is 0. The van der Waals surface area contributed by atoms with Crippen molar-refractivity contribution in [3.05, 3.63) is 70.3 Å². The van der Waals surface area contributed by atoms with Crippen molar-refractivity contribution in [2.24, 2.45) is 0 Å². The zero-order valence-corrected chi connectivity index (χ0v) is 16.3. The third-order valence-electron chi connectivity index (χ3n) is 4.12. The smallest absolute Gasteiger partial charge is 0.338 e. The van der Waals surface area contributed by atoms with Gasteiger partial charge < -0.3 is 24.5 Å². The lowest BCUT2D eigenvalue weighted by atomic mass is 10.0. The number of carbonyl (C=O) groups is 3. The highest BCUT2D eigenvalue weighted by Crippen LogP contribution is 2.28. The van der Waals surface area contributed by atoms with E-state index in [0.29, 0.717) is 10.8 Å². The Labute approximate surface area is 171 Å². The molecule has 0 fully saturated rings. The van der Waals surface area contributed by atoms with E-state index in [1.165, 1.54) is 6.26 Å². The molecule has 152 valence electrons. The molecule has 8 nitrogen and oxygen atoms in total. The van der Waals surface area contributed by atoms with Gasteiger partial charge in [-0.2, -0.15) is 0 Å². The predicted molar refractivity (Wildman–Crippen MR) is 103 cm³/mol. The van der Waals surface area contributed by atoms with Crippen molar-refractivity contribution >= 4 is 29.6 Å². The number of rotatable bonds is 7. The molecule has 0 aliphatic carbocycles. The fraction of sp³-hybridized carbons (Fsp3) is 0.250. The second kappa shape index (κ2) is 9.29. The Morgan fingerprint density at radius 2 is 1.93 bits per heavy atom. The number of benzene rings is 1. The number of urea groups is 1. The first-order chi connectivity index (χ1) is 14.0. The van der Waals surface area contributed by atoms with Crippen molar-refractivity contribution in [2.75, 3.05) is 13.2 Å². The zero-order valence-electron chi connectivity index (χ0n) is 15.6. The van der Waals surface area contributed by atoms with Crippen LogP contribution in [0.2, 0.25) is 5.02 Å². The lowest BCUT2D eigenvalue weighted by Gasteiger charge is -2.27. The third kappa shape index (κ3) is 5.17. The van der Waals surface area contributed by atoms with Gasteiger partial charge in [-0.1, -0.05) is 23.7 Å².